The molecule has 0 fully saturated rings. The molecule has 1 aliphatic heterocycles. The van der Waals surface area contributed by atoms with Crippen molar-refractivity contribution < 1.29 is 20.1 Å². The van der Waals surface area contributed by atoms with Gasteiger partial charge in [0.25, 0.3) is 0 Å². The van der Waals surface area contributed by atoms with Gasteiger partial charge < -0.3 is 15.3 Å². The molecule has 0 saturated heterocycles. The predicted molar refractivity (Wildman–Crippen MR) is 50.2 cm³/mol. The summed E-state index contributed by atoms with van der Waals surface area (Å²) in [6.45, 7) is 0.946. The maximum absolute atomic E-state index is 10.5. The average Bonchev–Trinajstić information content (AvgIpc) is 2.55. The number of aliphatic hydroxyl groups excluding tert-OH is 2. The number of hydrogen-bond donors (Lipinski definition) is 3. The number of carboxylic acid groups (broad SMARTS) is 1. The van der Waals surface area contributed by atoms with Gasteiger partial charge in [0.2, 0.25) is 0 Å². The van der Waals surface area contributed by atoms with Crippen molar-refractivity contribution >= 4 is 5.97 Å². The van der Waals surface area contributed by atoms with Gasteiger partial charge in [-0.1, -0.05) is 12.1 Å². The maximum atomic E-state index is 10.5. The van der Waals surface area contributed by atoms with Crippen molar-refractivity contribution in [1.82, 2.24) is 5.01 Å². The number of carboxylic acids is 1. The Bertz CT molecular complexity index is 265. The molecule has 15 heavy (non-hydrogen) atoms. The normalized spacial score (nSPS) is 29.8. The molecule has 0 saturated carbocycles. The van der Waals surface area contributed by atoms with Crippen molar-refractivity contribution in [2.45, 2.75) is 24.9 Å². The first-order chi connectivity index (χ1) is 7.09. The molecular formula is C8H15N3O4. The predicted octanol–water partition coefficient (Wildman–Crippen LogP) is -0.744. The van der Waals surface area contributed by atoms with E-state index in [1.54, 1.807) is 0 Å². The second kappa shape index (κ2) is 4.54. The smallest absolute Gasteiger partial charge is 0.324 e. The number of carbonyl (C=O) groups is 1. The Balaban J connectivity index is 2.81. The van der Waals surface area contributed by atoms with Gasteiger partial charge in [0.15, 0.2) is 0 Å². The van der Waals surface area contributed by atoms with Crippen LogP contribution >= 0.6 is 0 Å². The Morgan fingerprint density at radius 2 is 2.20 bits per heavy atom. The number of rotatable bonds is 5. The number of aliphatic carboxylic acids is 1. The summed E-state index contributed by atoms with van der Waals surface area (Å²) in [5.74, 6) is -1.04. The van der Waals surface area contributed by atoms with Gasteiger partial charge in [0, 0.05) is 0 Å². The lowest BCUT2D eigenvalue weighted by Gasteiger charge is -2.30. The molecule has 1 rings (SSSR count). The molecule has 0 radical (unpaired) electrons. The van der Waals surface area contributed by atoms with E-state index in [1.807, 2.05) is 6.92 Å². The number of nitrogens with zero attached hydrogens (tertiary/aromatic N) is 3. The monoisotopic (exact) mass is 217 g/mol. The van der Waals surface area contributed by atoms with Crippen LogP contribution in [0.2, 0.25) is 0 Å². The van der Waals surface area contributed by atoms with E-state index >= 15 is 0 Å². The second-order valence-corrected chi connectivity index (χ2v) is 3.49. The van der Waals surface area contributed by atoms with E-state index in [4.69, 9.17) is 5.11 Å². The highest BCUT2D eigenvalue weighted by Gasteiger charge is 2.45. The summed E-state index contributed by atoms with van der Waals surface area (Å²) in [4.78, 5) is 10.5. The fraction of sp³-hybridized carbons (Fsp3) is 0.875. The molecule has 0 aromatic carbocycles. The number of hydrogen-bond acceptors (Lipinski definition) is 6. The maximum Gasteiger partial charge on any atom is 0.324 e. The van der Waals surface area contributed by atoms with Crippen LogP contribution in [0.1, 0.15) is 13.3 Å². The summed E-state index contributed by atoms with van der Waals surface area (Å²) in [7, 11) is 0. The summed E-state index contributed by atoms with van der Waals surface area (Å²) in [5.41, 5.74) is -0.871. The zero-order valence-electron chi connectivity index (χ0n) is 8.50. The molecule has 1 aliphatic rings. The molecule has 0 amide bonds. The van der Waals surface area contributed by atoms with Crippen LogP contribution in [0.3, 0.4) is 0 Å². The van der Waals surface area contributed by atoms with Crippen molar-refractivity contribution in [3.8, 4) is 0 Å². The molecule has 0 aromatic heterocycles. The molecule has 0 spiro atoms. The molecule has 0 aromatic rings. The third-order valence-electron chi connectivity index (χ3n) is 2.70. The summed E-state index contributed by atoms with van der Waals surface area (Å²) in [5, 5.41) is 35.8. The highest BCUT2D eigenvalue weighted by Crippen LogP contribution is 2.30. The third kappa shape index (κ3) is 2.07. The van der Waals surface area contributed by atoms with Crippen LogP contribution in [-0.2, 0) is 4.79 Å². The fourth-order valence-corrected chi connectivity index (χ4v) is 1.65. The highest BCUT2D eigenvalue weighted by atomic mass is 16.4. The van der Waals surface area contributed by atoms with Crippen molar-refractivity contribution in [3.63, 3.8) is 0 Å². The van der Waals surface area contributed by atoms with E-state index in [2.05, 4.69) is 10.3 Å². The van der Waals surface area contributed by atoms with Gasteiger partial charge in [-0.25, -0.2) is 0 Å². The Hall–Kier alpha value is -1.21. The first-order valence-electron chi connectivity index (χ1n) is 4.72. The van der Waals surface area contributed by atoms with Crippen molar-refractivity contribution in [3.05, 3.63) is 0 Å². The quantitative estimate of drug-likeness (QED) is 0.562. The molecule has 1 heterocycles. The van der Waals surface area contributed by atoms with Gasteiger partial charge >= 0.3 is 5.97 Å². The molecule has 7 nitrogen and oxygen atoms in total. The summed E-state index contributed by atoms with van der Waals surface area (Å²) < 4.78 is 0. The Labute approximate surface area is 87.0 Å². The van der Waals surface area contributed by atoms with Gasteiger partial charge in [0.05, 0.1) is 13.2 Å². The molecule has 0 bridgehead atoms. The largest absolute Gasteiger partial charge is 0.480 e. The van der Waals surface area contributed by atoms with Gasteiger partial charge in [-0.2, -0.15) is 5.11 Å². The minimum Gasteiger partial charge on any atom is -0.480 e. The summed E-state index contributed by atoms with van der Waals surface area (Å²) >= 11 is 0. The lowest BCUT2D eigenvalue weighted by Crippen LogP contribution is -2.50. The fourth-order valence-electron chi connectivity index (χ4n) is 1.65. The zero-order valence-corrected chi connectivity index (χ0v) is 8.50. The topological polar surface area (TPSA) is 106 Å². The number of aliphatic hydroxyl groups is 2. The first-order valence-corrected chi connectivity index (χ1v) is 4.72. The molecule has 7 heteroatoms. The van der Waals surface area contributed by atoms with Crippen LogP contribution in [0.4, 0.5) is 0 Å². The first kappa shape index (κ1) is 11.9. The Morgan fingerprint density at radius 3 is 2.60 bits per heavy atom. The SMILES string of the molecule is CCC1(CO)N=NN(CC(=O)O)C1CO. The van der Waals surface area contributed by atoms with E-state index < -0.39 is 17.6 Å². The molecule has 0 aliphatic carbocycles. The van der Waals surface area contributed by atoms with E-state index in [1.165, 1.54) is 5.01 Å². The van der Waals surface area contributed by atoms with E-state index in [0.717, 1.165) is 0 Å². The highest BCUT2D eigenvalue weighted by molar-refractivity contribution is 5.69. The van der Waals surface area contributed by atoms with Crippen LogP contribution < -0.4 is 0 Å². The van der Waals surface area contributed by atoms with Crippen molar-refractivity contribution in [2.24, 2.45) is 10.3 Å². The zero-order chi connectivity index (χ0) is 11.5. The van der Waals surface area contributed by atoms with E-state index in [9.17, 15) is 15.0 Å². The standard InChI is InChI=1S/C8H15N3O4/c1-2-8(5-13)6(4-12)11(10-9-8)3-7(14)15/h6,12-13H,2-5H2,1H3,(H,14,15). The Kier molecular flexibility index (Phi) is 3.59. The molecule has 2 atom stereocenters. The van der Waals surface area contributed by atoms with Crippen LogP contribution in [-0.4, -0.2) is 57.6 Å². The molecular weight excluding hydrogens is 202 g/mol. The third-order valence-corrected chi connectivity index (χ3v) is 2.70. The van der Waals surface area contributed by atoms with E-state index in [0.29, 0.717) is 6.42 Å². The summed E-state index contributed by atoms with van der Waals surface area (Å²) in [6.07, 6.45) is 0.494. The summed E-state index contributed by atoms with van der Waals surface area (Å²) in [6, 6.07) is -0.566. The van der Waals surface area contributed by atoms with E-state index in [-0.39, 0.29) is 19.8 Å². The van der Waals surface area contributed by atoms with Gasteiger partial charge in [-0.3, -0.25) is 9.80 Å². The van der Waals surface area contributed by atoms with Gasteiger partial charge in [-0.15, -0.1) is 0 Å². The van der Waals surface area contributed by atoms with Crippen LogP contribution in [0.15, 0.2) is 10.3 Å². The molecule has 3 N–H and O–H groups in total. The second-order valence-electron chi connectivity index (χ2n) is 3.49. The van der Waals surface area contributed by atoms with Crippen molar-refractivity contribution in [2.75, 3.05) is 19.8 Å². The van der Waals surface area contributed by atoms with Crippen LogP contribution in [0.25, 0.3) is 0 Å². The molecule has 86 valence electrons. The van der Waals surface area contributed by atoms with Gasteiger partial charge in [-0.05, 0) is 6.42 Å². The average molecular weight is 217 g/mol. The minimum absolute atomic E-state index is 0.256. The molecule has 2 unspecified atom stereocenters. The van der Waals surface area contributed by atoms with Crippen molar-refractivity contribution in [1.29, 1.82) is 0 Å². The Morgan fingerprint density at radius 1 is 1.53 bits per heavy atom. The van der Waals surface area contributed by atoms with Crippen LogP contribution in [0.5, 0.6) is 0 Å². The van der Waals surface area contributed by atoms with Crippen LogP contribution in [0, 0.1) is 0 Å². The lowest BCUT2D eigenvalue weighted by molar-refractivity contribution is -0.139. The van der Waals surface area contributed by atoms with Gasteiger partial charge in [0.1, 0.15) is 18.1 Å². The lowest BCUT2D eigenvalue weighted by atomic mass is 9.89. The minimum atomic E-state index is -1.04.